The maximum atomic E-state index is 12.3. The fraction of sp³-hybridized carbons (Fsp3) is 0.111. The summed E-state index contributed by atoms with van der Waals surface area (Å²) in [5.74, 6) is -0.370. The van der Waals surface area contributed by atoms with Crippen LogP contribution in [-0.2, 0) is 4.79 Å². The van der Waals surface area contributed by atoms with Gasteiger partial charge >= 0.3 is 0 Å². The van der Waals surface area contributed by atoms with E-state index in [1.54, 1.807) is 18.2 Å². The third-order valence-corrected chi connectivity index (χ3v) is 4.14. The van der Waals surface area contributed by atoms with Crippen molar-refractivity contribution in [2.45, 2.75) is 13.8 Å². The number of hydrogen-bond donors (Lipinski definition) is 2. The number of carbonyl (C=O) groups is 1. The summed E-state index contributed by atoms with van der Waals surface area (Å²) in [5, 5.41) is 21.5. The molecule has 0 unspecified atom stereocenters. The van der Waals surface area contributed by atoms with Crippen LogP contribution in [0.25, 0.3) is 6.08 Å². The molecule has 2 aromatic rings. The first-order valence-electron chi connectivity index (χ1n) is 6.90. The van der Waals surface area contributed by atoms with Crippen molar-refractivity contribution in [2.75, 3.05) is 5.32 Å². The Bertz CT molecular complexity index is 835. The average Bonchev–Trinajstić information content (AvgIpc) is 2.52. The first kappa shape index (κ1) is 16.8. The number of nitriles is 1. The SMILES string of the molecule is Cc1cccc(NC(=O)/C(C#N)=C/c2ccc(O)c(Br)c2)c1C. The summed E-state index contributed by atoms with van der Waals surface area (Å²) in [6, 6.07) is 12.3. The zero-order chi connectivity index (χ0) is 17.0. The van der Waals surface area contributed by atoms with E-state index in [9.17, 15) is 15.2 Å². The molecule has 0 spiro atoms. The van der Waals surface area contributed by atoms with Gasteiger partial charge in [0.1, 0.15) is 17.4 Å². The number of rotatable bonds is 3. The van der Waals surface area contributed by atoms with Crippen LogP contribution in [0.3, 0.4) is 0 Å². The molecule has 2 rings (SSSR count). The van der Waals surface area contributed by atoms with Gasteiger partial charge in [0.25, 0.3) is 5.91 Å². The molecule has 0 bridgehead atoms. The van der Waals surface area contributed by atoms with Crippen LogP contribution < -0.4 is 5.32 Å². The summed E-state index contributed by atoms with van der Waals surface area (Å²) >= 11 is 3.20. The fourth-order valence-electron chi connectivity index (χ4n) is 2.00. The summed E-state index contributed by atoms with van der Waals surface area (Å²) < 4.78 is 0.499. The van der Waals surface area contributed by atoms with Gasteiger partial charge in [-0.25, -0.2) is 0 Å². The Morgan fingerprint density at radius 2 is 2.04 bits per heavy atom. The Labute approximate surface area is 143 Å². The molecule has 1 amide bonds. The van der Waals surface area contributed by atoms with Crippen LogP contribution in [0.2, 0.25) is 0 Å². The van der Waals surface area contributed by atoms with Crippen molar-refractivity contribution in [2.24, 2.45) is 0 Å². The van der Waals surface area contributed by atoms with Crippen molar-refractivity contribution in [3.63, 3.8) is 0 Å². The predicted octanol–water partition coefficient (Wildman–Crippen LogP) is 4.32. The molecule has 0 saturated heterocycles. The van der Waals surface area contributed by atoms with Crippen LogP contribution in [0, 0.1) is 25.2 Å². The zero-order valence-corrected chi connectivity index (χ0v) is 14.3. The quantitative estimate of drug-likeness (QED) is 0.624. The number of aromatic hydroxyl groups is 1. The van der Waals surface area contributed by atoms with E-state index in [0.29, 0.717) is 15.7 Å². The van der Waals surface area contributed by atoms with Gasteiger partial charge in [-0.3, -0.25) is 4.79 Å². The number of halogens is 1. The molecule has 2 N–H and O–H groups in total. The fourth-order valence-corrected chi connectivity index (χ4v) is 2.40. The van der Waals surface area contributed by atoms with E-state index in [4.69, 9.17) is 0 Å². The van der Waals surface area contributed by atoms with E-state index >= 15 is 0 Å². The third kappa shape index (κ3) is 3.99. The highest BCUT2D eigenvalue weighted by atomic mass is 79.9. The highest BCUT2D eigenvalue weighted by Crippen LogP contribution is 2.25. The van der Waals surface area contributed by atoms with Crippen LogP contribution in [0.4, 0.5) is 5.69 Å². The molecule has 0 aromatic heterocycles. The number of hydrogen-bond acceptors (Lipinski definition) is 3. The minimum absolute atomic E-state index is 0.0107. The smallest absolute Gasteiger partial charge is 0.266 e. The molecule has 116 valence electrons. The normalized spacial score (nSPS) is 11.0. The van der Waals surface area contributed by atoms with Crippen molar-refractivity contribution in [1.82, 2.24) is 0 Å². The largest absolute Gasteiger partial charge is 0.507 e. The monoisotopic (exact) mass is 370 g/mol. The van der Waals surface area contributed by atoms with E-state index in [1.807, 2.05) is 32.0 Å². The van der Waals surface area contributed by atoms with Gasteiger partial charge in [-0.2, -0.15) is 5.26 Å². The van der Waals surface area contributed by atoms with Crippen LogP contribution in [0.1, 0.15) is 16.7 Å². The average molecular weight is 371 g/mol. The molecule has 0 atom stereocenters. The Balaban J connectivity index is 2.28. The number of amides is 1. The Hall–Kier alpha value is -2.58. The number of carbonyl (C=O) groups excluding carboxylic acids is 1. The van der Waals surface area contributed by atoms with Crippen LogP contribution >= 0.6 is 15.9 Å². The second-order valence-electron chi connectivity index (χ2n) is 5.08. The van der Waals surface area contributed by atoms with E-state index in [0.717, 1.165) is 11.1 Å². The molecule has 0 fully saturated rings. The second-order valence-corrected chi connectivity index (χ2v) is 5.94. The number of aryl methyl sites for hydroxylation is 1. The summed E-state index contributed by atoms with van der Waals surface area (Å²) in [6.07, 6.45) is 1.48. The number of phenolic OH excluding ortho intramolecular Hbond substituents is 1. The van der Waals surface area contributed by atoms with Gasteiger partial charge in [-0.05, 0) is 70.7 Å². The Kier molecular flexibility index (Phi) is 5.20. The van der Waals surface area contributed by atoms with Gasteiger partial charge in [-0.15, -0.1) is 0 Å². The van der Waals surface area contributed by atoms with E-state index in [-0.39, 0.29) is 11.3 Å². The molecule has 4 nitrogen and oxygen atoms in total. The van der Waals surface area contributed by atoms with Crippen LogP contribution in [-0.4, -0.2) is 11.0 Å². The molecule has 0 aliphatic rings. The first-order chi connectivity index (χ1) is 10.9. The van der Waals surface area contributed by atoms with Crippen molar-refractivity contribution in [1.29, 1.82) is 5.26 Å². The third-order valence-electron chi connectivity index (χ3n) is 3.50. The van der Waals surface area contributed by atoms with Gasteiger partial charge in [0.2, 0.25) is 0 Å². The van der Waals surface area contributed by atoms with E-state index in [2.05, 4.69) is 21.2 Å². The molecule has 0 saturated carbocycles. The Morgan fingerprint density at radius 1 is 1.30 bits per heavy atom. The minimum atomic E-state index is -0.467. The highest BCUT2D eigenvalue weighted by Gasteiger charge is 2.11. The second kappa shape index (κ2) is 7.12. The number of benzene rings is 2. The molecule has 0 heterocycles. The molecule has 2 aromatic carbocycles. The lowest BCUT2D eigenvalue weighted by atomic mass is 10.1. The maximum absolute atomic E-state index is 12.3. The van der Waals surface area contributed by atoms with Gasteiger partial charge in [-0.1, -0.05) is 18.2 Å². The molecule has 0 aliphatic heterocycles. The number of nitrogens with zero attached hydrogens (tertiary/aromatic N) is 1. The lowest BCUT2D eigenvalue weighted by molar-refractivity contribution is -0.112. The molecule has 0 aliphatic carbocycles. The molecular formula is C18H15BrN2O2. The van der Waals surface area contributed by atoms with E-state index in [1.165, 1.54) is 12.1 Å². The summed E-state index contributed by atoms with van der Waals surface area (Å²) in [7, 11) is 0. The van der Waals surface area contributed by atoms with Crippen molar-refractivity contribution < 1.29 is 9.90 Å². The first-order valence-corrected chi connectivity index (χ1v) is 7.69. The van der Waals surface area contributed by atoms with Gasteiger partial charge in [0.05, 0.1) is 4.47 Å². The van der Waals surface area contributed by atoms with E-state index < -0.39 is 5.91 Å². The Morgan fingerprint density at radius 3 is 2.70 bits per heavy atom. The maximum Gasteiger partial charge on any atom is 0.266 e. The van der Waals surface area contributed by atoms with Gasteiger partial charge in [0.15, 0.2) is 0 Å². The van der Waals surface area contributed by atoms with Gasteiger partial charge < -0.3 is 10.4 Å². The topological polar surface area (TPSA) is 73.1 Å². The minimum Gasteiger partial charge on any atom is -0.507 e. The number of phenols is 1. The summed E-state index contributed by atoms with van der Waals surface area (Å²) in [5.41, 5.74) is 3.34. The summed E-state index contributed by atoms with van der Waals surface area (Å²) in [4.78, 5) is 12.3. The predicted molar refractivity (Wildman–Crippen MR) is 93.9 cm³/mol. The molecular weight excluding hydrogens is 356 g/mol. The van der Waals surface area contributed by atoms with Crippen molar-refractivity contribution in [3.05, 3.63) is 63.1 Å². The zero-order valence-electron chi connectivity index (χ0n) is 12.7. The van der Waals surface area contributed by atoms with Crippen molar-refractivity contribution >= 4 is 33.6 Å². The number of anilines is 1. The lowest BCUT2D eigenvalue weighted by Gasteiger charge is -2.09. The highest BCUT2D eigenvalue weighted by molar-refractivity contribution is 9.10. The lowest BCUT2D eigenvalue weighted by Crippen LogP contribution is -2.14. The van der Waals surface area contributed by atoms with Gasteiger partial charge in [0, 0.05) is 5.69 Å². The molecule has 0 radical (unpaired) electrons. The number of nitrogens with one attached hydrogen (secondary N) is 1. The van der Waals surface area contributed by atoms with Crippen LogP contribution in [0.5, 0.6) is 5.75 Å². The van der Waals surface area contributed by atoms with Crippen molar-refractivity contribution in [3.8, 4) is 11.8 Å². The molecule has 23 heavy (non-hydrogen) atoms. The standard InChI is InChI=1S/C18H15BrN2O2/c1-11-4-3-5-16(12(11)2)21-18(23)14(10-20)8-13-6-7-17(22)15(19)9-13/h3-9,22H,1-2H3,(H,21,23)/b14-8+. The summed E-state index contributed by atoms with van der Waals surface area (Å²) in [6.45, 7) is 3.87. The van der Waals surface area contributed by atoms with Crippen LogP contribution in [0.15, 0.2) is 46.4 Å². The molecule has 5 heteroatoms.